The van der Waals surface area contributed by atoms with Crippen molar-refractivity contribution in [1.29, 1.82) is 0 Å². The number of carbonyl (C=O) groups excluding carboxylic acids is 2. The van der Waals surface area contributed by atoms with Crippen molar-refractivity contribution in [2.45, 2.75) is 18.3 Å². The van der Waals surface area contributed by atoms with E-state index in [9.17, 15) is 19.8 Å². The normalized spacial score (nSPS) is 15.3. The highest BCUT2D eigenvalue weighted by atomic mass is 16.4. The third-order valence-corrected chi connectivity index (χ3v) is 2.55. The molecule has 1 amide bonds. The Hall–Kier alpha value is -1.96. The van der Waals surface area contributed by atoms with Crippen LogP contribution in [0.1, 0.15) is 10.4 Å². The van der Waals surface area contributed by atoms with Gasteiger partial charge in [-0.05, 0) is 18.2 Å². The second-order valence-electron chi connectivity index (χ2n) is 4.01. The Morgan fingerprint density at radius 3 is 2.63 bits per heavy atom. The molecule has 0 bridgehead atoms. The lowest BCUT2D eigenvalue weighted by atomic mass is 10.1. The molecule has 0 saturated carbocycles. The first kappa shape index (κ1) is 15.1. The highest BCUT2D eigenvalue weighted by Gasteiger charge is 2.23. The lowest BCUT2D eigenvalue weighted by Crippen LogP contribution is -2.42. The van der Waals surface area contributed by atoms with E-state index < -0.39 is 24.2 Å². The minimum atomic E-state index is -1.64. The van der Waals surface area contributed by atoms with Gasteiger partial charge in [0.25, 0.3) is 0 Å². The third-order valence-electron chi connectivity index (χ3n) is 2.55. The third kappa shape index (κ3) is 4.32. The number of amides is 1. The molecule has 7 nitrogen and oxygen atoms in total. The summed E-state index contributed by atoms with van der Waals surface area (Å²) in [6.45, 7) is -0.103. The Bertz CT molecular complexity index is 452. The van der Waals surface area contributed by atoms with Crippen LogP contribution in [0.4, 0.5) is 5.69 Å². The highest BCUT2D eigenvalue weighted by Crippen LogP contribution is 2.10. The van der Waals surface area contributed by atoms with E-state index in [4.69, 9.17) is 10.8 Å². The first-order chi connectivity index (χ1) is 8.95. The van der Waals surface area contributed by atoms with Crippen LogP contribution >= 0.6 is 0 Å². The maximum absolute atomic E-state index is 11.0. The van der Waals surface area contributed by atoms with Crippen molar-refractivity contribution in [3.8, 4) is 0 Å². The van der Waals surface area contributed by atoms with Crippen LogP contribution in [-0.4, -0.2) is 52.4 Å². The first-order valence-electron chi connectivity index (χ1n) is 5.59. The van der Waals surface area contributed by atoms with E-state index in [0.29, 0.717) is 11.3 Å². The number of primary amides is 1. The molecule has 0 heterocycles. The van der Waals surface area contributed by atoms with E-state index in [1.165, 1.54) is 12.1 Å². The molecule has 0 aliphatic rings. The molecule has 1 aromatic carbocycles. The van der Waals surface area contributed by atoms with Gasteiger partial charge in [-0.15, -0.1) is 0 Å². The van der Waals surface area contributed by atoms with Crippen molar-refractivity contribution in [1.82, 2.24) is 0 Å². The fourth-order valence-corrected chi connectivity index (χ4v) is 1.43. The molecule has 6 N–H and O–H groups in total. The van der Waals surface area contributed by atoms with Gasteiger partial charge in [-0.3, -0.25) is 4.79 Å². The molecule has 0 unspecified atom stereocenters. The monoisotopic (exact) mass is 268 g/mol. The average Bonchev–Trinajstić information content (AvgIpc) is 2.43. The van der Waals surface area contributed by atoms with E-state index in [0.717, 1.165) is 0 Å². The summed E-state index contributed by atoms with van der Waals surface area (Å²) in [6.07, 6.45) is -4.42. The Labute approximate surface area is 109 Å². The summed E-state index contributed by atoms with van der Waals surface area (Å²) in [5, 5.41) is 30.7. The molecule has 3 atom stereocenters. The van der Waals surface area contributed by atoms with Crippen LogP contribution in [0, 0.1) is 0 Å². The van der Waals surface area contributed by atoms with Gasteiger partial charge in [0.05, 0.1) is 0 Å². The van der Waals surface area contributed by atoms with Gasteiger partial charge < -0.3 is 31.2 Å². The standard InChI is InChI=1S/C12H16N2O5/c13-12(19)7-2-1-3-8(4-7)14-5-9(16)11(18)10(17)6-15/h1-4,6,9-11,14,16-18H,5H2,(H2,13,19)/t9-,10+,11-/m1/s1. The summed E-state index contributed by atoms with van der Waals surface area (Å²) in [7, 11) is 0. The van der Waals surface area contributed by atoms with Gasteiger partial charge in [0.15, 0.2) is 6.29 Å². The molecule has 0 saturated heterocycles. The molecular weight excluding hydrogens is 252 g/mol. The number of hydrogen-bond donors (Lipinski definition) is 5. The summed E-state index contributed by atoms with van der Waals surface area (Å²) in [5.41, 5.74) is 5.93. The van der Waals surface area contributed by atoms with Gasteiger partial charge in [0.1, 0.15) is 18.3 Å². The Morgan fingerprint density at radius 1 is 1.37 bits per heavy atom. The summed E-state index contributed by atoms with van der Waals surface area (Å²) in [5.74, 6) is -0.583. The van der Waals surface area contributed by atoms with Crippen LogP contribution in [0.15, 0.2) is 24.3 Å². The van der Waals surface area contributed by atoms with E-state index in [1.807, 2.05) is 0 Å². The highest BCUT2D eigenvalue weighted by molar-refractivity contribution is 5.93. The van der Waals surface area contributed by atoms with Gasteiger partial charge in [-0.25, -0.2) is 0 Å². The van der Waals surface area contributed by atoms with Crippen molar-refractivity contribution < 1.29 is 24.9 Å². The van der Waals surface area contributed by atoms with Crippen LogP contribution in [0.25, 0.3) is 0 Å². The number of nitrogens with one attached hydrogen (secondary N) is 1. The molecule has 0 fully saturated rings. The van der Waals surface area contributed by atoms with Crippen molar-refractivity contribution in [2.24, 2.45) is 5.73 Å². The number of aliphatic hydroxyl groups excluding tert-OH is 3. The number of aldehydes is 1. The zero-order valence-corrected chi connectivity index (χ0v) is 10.1. The van der Waals surface area contributed by atoms with E-state index in [2.05, 4.69) is 5.32 Å². The largest absolute Gasteiger partial charge is 0.388 e. The maximum Gasteiger partial charge on any atom is 0.248 e. The average molecular weight is 268 g/mol. The van der Waals surface area contributed by atoms with Gasteiger partial charge in [-0.2, -0.15) is 0 Å². The molecule has 0 aliphatic carbocycles. The predicted octanol–water partition coefficient (Wildman–Crippen LogP) is -1.52. The van der Waals surface area contributed by atoms with E-state index >= 15 is 0 Å². The van der Waals surface area contributed by atoms with E-state index in [-0.39, 0.29) is 12.8 Å². The molecule has 0 aliphatic heterocycles. The molecule has 0 aromatic heterocycles. The van der Waals surface area contributed by atoms with Crippen molar-refractivity contribution in [2.75, 3.05) is 11.9 Å². The quantitative estimate of drug-likeness (QED) is 0.381. The molecule has 1 aromatic rings. The van der Waals surface area contributed by atoms with Crippen molar-refractivity contribution in [3.05, 3.63) is 29.8 Å². The summed E-state index contributed by atoms with van der Waals surface area (Å²) in [4.78, 5) is 21.2. The van der Waals surface area contributed by atoms with Crippen LogP contribution in [0.2, 0.25) is 0 Å². The van der Waals surface area contributed by atoms with Crippen LogP contribution in [0.5, 0.6) is 0 Å². The van der Waals surface area contributed by atoms with Gasteiger partial charge in [0.2, 0.25) is 5.91 Å². The summed E-state index contributed by atoms with van der Waals surface area (Å²) in [6, 6.07) is 6.26. The second-order valence-corrected chi connectivity index (χ2v) is 4.01. The van der Waals surface area contributed by atoms with Crippen LogP contribution in [0.3, 0.4) is 0 Å². The van der Waals surface area contributed by atoms with Gasteiger partial charge in [-0.1, -0.05) is 6.07 Å². The number of hydrogen-bond acceptors (Lipinski definition) is 6. The zero-order valence-electron chi connectivity index (χ0n) is 10.1. The van der Waals surface area contributed by atoms with Crippen LogP contribution < -0.4 is 11.1 Å². The van der Waals surface area contributed by atoms with Crippen LogP contribution in [-0.2, 0) is 4.79 Å². The molecule has 7 heteroatoms. The number of benzene rings is 1. The van der Waals surface area contributed by atoms with Gasteiger partial charge >= 0.3 is 0 Å². The minimum absolute atomic E-state index is 0.103. The number of aliphatic hydroxyl groups is 3. The number of anilines is 1. The summed E-state index contributed by atoms with van der Waals surface area (Å²) >= 11 is 0. The lowest BCUT2D eigenvalue weighted by molar-refractivity contribution is -0.125. The minimum Gasteiger partial charge on any atom is -0.388 e. The fraction of sp³-hybridized carbons (Fsp3) is 0.333. The molecule has 19 heavy (non-hydrogen) atoms. The molecule has 104 valence electrons. The molecule has 0 radical (unpaired) electrons. The van der Waals surface area contributed by atoms with Crippen molar-refractivity contribution in [3.63, 3.8) is 0 Å². The topological polar surface area (TPSA) is 133 Å². The Kier molecular flexibility index (Phi) is 5.43. The smallest absolute Gasteiger partial charge is 0.248 e. The fourth-order valence-electron chi connectivity index (χ4n) is 1.43. The first-order valence-corrected chi connectivity index (χ1v) is 5.59. The second kappa shape index (κ2) is 6.83. The maximum atomic E-state index is 11.0. The predicted molar refractivity (Wildman–Crippen MR) is 67.5 cm³/mol. The number of nitrogens with two attached hydrogens (primary N) is 1. The van der Waals surface area contributed by atoms with Crippen molar-refractivity contribution >= 4 is 17.9 Å². The van der Waals surface area contributed by atoms with Gasteiger partial charge in [0, 0.05) is 17.8 Å². The Balaban J connectivity index is 2.59. The molecule has 1 rings (SSSR count). The lowest BCUT2D eigenvalue weighted by Gasteiger charge is -2.20. The number of carbonyl (C=O) groups is 2. The summed E-state index contributed by atoms with van der Waals surface area (Å²) < 4.78 is 0. The molecule has 0 spiro atoms. The molecular formula is C12H16N2O5. The van der Waals surface area contributed by atoms with E-state index in [1.54, 1.807) is 12.1 Å². The zero-order chi connectivity index (χ0) is 14.4. The SMILES string of the molecule is NC(=O)c1cccc(NC[C@@H](O)[C@@H](O)[C@@H](O)C=O)c1. The Morgan fingerprint density at radius 2 is 2.05 bits per heavy atom. The number of rotatable bonds is 7.